The molecule has 120 valence electrons. The van der Waals surface area contributed by atoms with Crippen LogP contribution < -0.4 is 10.6 Å². The van der Waals surface area contributed by atoms with Crippen molar-refractivity contribution in [1.82, 2.24) is 4.90 Å². The molecular weight excluding hydrogens is 292 g/mol. The lowest BCUT2D eigenvalue weighted by molar-refractivity contribution is 0.114. The van der Waals surface area contributed by atoms with Crippen molar-refractivity contribution in [2.45, 2.75) is 31.3 Å². The minimum absolute atomic E-state index is 0.151. The Hall–Kier alpha value is -1.89. The van der Waals surface area contributed by atoms with E-state index >= 15 is 0 Å². The Morgan fingerprint density at radius 1 is 1.23 bits per heavy atom. The van der Waals surface area contributed by atoms with E-state index in [1.165, 1.54) is 17.0 Å². The molecule has 2 unspecified atom stereocenters. The van der Waals surface area contributed by atoms with E-state index in [9.17, 15) is 18.7 Å². The van der Waals surface area contributed by atoms with Crippen LogP contribution in [0.5, 0.6) is 0 Å². The van der Waals surface area contributed by atoms with Crippen molar-refractivity contribution in [3.05, 3.63) is 29.3 Å². The van der Waals surface area contributed by atoms with E-state index in [2.05, 4.69) is 0 Å². The summed E-state index contributed by atoms with van der Waals surface area (Å²) in [5.41, 5.74) is 5.87. The van der Waals surface area contributed by atoms with Crippen LogP contribution in [0.2, 0.25) is 0 Å². The monoisotopic (exact) mass is 311 g/mol. The zero-order valence-electron chi connectivity index (χ0n) is 12.1. The first-order chi connectivity index (χ1) is 10.5. The van der Waals surface area contributed by atoms with Gasteiger partial charge in [0.2, 0.25) is 0 Å². The average Bonchev–Trinajstić information content (AvgIpc) is 2.74. The van der Waals surface area contributed by atoms with Gasteiger partial charge in [-0.25, -0.2) is 13.6 Å². The van der Waals surface area contributed by atoms with Gasteiger partial charge >= 0.3 is 6.09 Å². The molecule has 1 aromatic rings. The Kier molecular flexibility index (Phi) is 3.90. The van der Waals surface area contributed by atoms with E-state index in [1.54, 1.807) is 4.90 Å². The largest absolute Gasteiger partial charge is 0.465 e. The summed E-state index contributed by atoms with van der Waals surface area (Å²) in [4.78, 5) is 14.5. The lowest BCUT2D eigenvalue weighted by Crippen LogP contribution is -2.55. The molecule has 2 bridgehead atoms. The van der Waals surface area contributed by atoms with Crippen LogP contribution in [0.15, 0.2) is 12.1 Å². The fourth-order valence-corrected chi connectivity index (χ4v) is 3.58. The summed E-state index contributed by atoms with van der Waals surface area (Å²) in [6.07, 6.45) is 0.893. The van der Waals surface area contributed by atoms with Gasteiger partial charge in [0.25, 0.3) is 0 Å². The minimum Gasteiger partial charge on any atom is -0.465 e. The molecule has 3 rings (SSSR count). The van der Waals surface area contributed by atoms with E-state index in [-0.39, 0.29) is 29.9 Å². The molecule has 3 N–H and O–H groups in total. The highest BCUT2D eigenvalue weighted by Crippen LogP contribution is 2.34. The summed E-state index contributed by atoms with van der Waals surface area (Å²) < 4.78 is 28.3. The van der Waals surface area contributed by atoms with Crippen LogP contribution in [-0.4, -0.2) is 47.8 Å². The molecule has 2 saturated heterocycles. The fourth-order valence-electron chi connectivity index (χ4n) is 3.58. The van der Waals surface area contributed by atoms with Crippen LogP contribution in [-0.2, 0) is 6.42 Å². The minimum atomic E-state index is -0.933. The first kappa shape index (κ1) is 15.0. The van der Waals surface area contributed by atoms with Crippen molar-refractivity contribution in [2.75, 3.05) is 24.5 Å². The number of benzene rings is 1. The highest BCUT2D eigenvalue weighted by molar-refractivity contribution is 5.67. The number of halogens is 2. The fraction of sp³-hybridized carbons (Fsp3) is 0.533. The normalized spacial score (nSPS) is 24.0. The summed E-state index contributed by atoms with van der Waals surface area (Å²) in [5, 5.41) is 9.23. The first-order valence-electron chi connectivity index (χ1n) is 7.45. The second-order valence-corrected chi connectivity index (χ2v) is 5.91. The standard InChI is InChI=1S/C15H19F2N3O2/c16-12-6-14(13(17)5-9(12)3-4-18)19-7-10-1-2-11(8-19)20(10)15(21)22/h5-6,10-11H,1-4,7-8,18H2,(H,21,22). The van der Waals surface area contributed by atoms with Crippen LogP contribution in [0.3, 0.4) is 0 Å². The number of anilines is 1. The van der Waals surface area contributed by atoms with Gasteiger partial charge in [0, 0.05) is 19.2 Å². The molecule has 0 radical (unpaired) electrons. The molecule has 0 spiro atoms. The van der Waals surface area contributed by atoms with Crippen molar-refractivity contribution >= 4 is 11.8 Å². The molecule has 2 heterocycles. The summed E-state index contributed by atoms with van der Waals surface area (Å²) in [5.74, 6) is -0.942. The number of rotatable bonds is 3. The SMILES string of the molecule is NCCc1cc(F)c(N2CC3CCC(C2)N3C(=O)O)cc1F. The maximum absolute atomic E-state index is 14.3. The Morgan fingerprint density at radius 3 is 2.41 bits per heavy atom. The van der Waals surface area contributed by atoms with E-state index in [0.29, 0.717) is 19.5 Å². The molecule has 0 aromatic heterocycles. The van der Waals surface area contributed by atoms with Gasteiger partial charge in [-0.1, -0.05) is 0 Å². The molecule has 0 aliphatic carbocycles. The van der Waals surface area contributed by atoms with Crippen LogP contribution in [0, 0.1) is 11.6 Å². The molecule has 0 saturated carbocycles. The number of carbonyl (C=O) groups is 1. The Morgan fingerprint density at radius 2 is 1.86 bits per heavy atom. The zero-order valence-corrected chi connectivity index (χ0v) is 12.1. The van der Waals surface area contributed by atoms with E-state index in [4.69, 9.17) is 5.73 Å². The molecular formula is C15H19F2N3O2. The van der Waals surface area contributed by atoms with Crippen molar-refractivity contribution < 1.29 is 18.7 Å². The number of piperazine rings is 1. The number of hydrogen-bond donors (Lipinski definition) is 2. The molecule has 2 atom stereocenters. The predicted octanol–water partition coefficient (Wildman–Crippen LogP) is 1.80. The van der Waals surface area contributed by atoms with Crippen LogP contribution in [0.25, 0.3) is 0 Å². The van der Waals surface area contributed by atoms with Crippen molar-refractivity contribution in [1.29, 1.82) is 0 Å². The smallest absolute Gasteiger partial charge is 0.407 e. The van der Waals surface area contributed by atoms with Crippen LogP contribution in [0.4, 0.5) is 19.3 Å². The second kappa shape index (κ2) is 5.72. The van der Waals surface area contributed by atoms with Crippen molar-refractivity contribution in [2.24, 2.45) is 5.73 Å². The summed E-state index contributed by atoms with van der Waals surface area (Å²) in [6.45, 7) is 1.06. The molecule has 5 nitrogen and oxygen atoms in total. The molecule has 2 aliphatic rings. The van der Waals surface area contributed by atoms with E-state index in [0.717, 1.165) is 12.8 Å². The second-order valence-electron chi connectivity index (χ2n) is 5.91. The number of amides is 1. The summed E-state index contributed by atoms with van der Waals surface area (Å²) in [6, 6.07) is 2.10. The average molecular weight is 311 g/mol. The Labute approximate surface area is 127 Å². The lowest BCUT2D eigenvalue weighted by atomic mass is 10.1. The van der Waals surface area contributed by atoms with Gasteiger partial charge < -0.3 is 15.7 Å². The molecule has 2 aliphatic heterocycles. The van der Waals surface area contributed by atoms with Crippen LogP contribution >= 0.6 is 0 Å². The number of hydrogen-bond acceptors (Lipinski definition) is 3. The number of carboxylic acid groups (broad SMARTS) is 1. The van der Waals surface area contributed by atoms with E-state index in [1.807, 2.05) is 0 Å². The van der Waals surface area contributed by atoms with Crippen molar-refractivity contribution in [3.8, 4) is 0 Å². The third-order valence-corrected chi connectivity index (χ3v) is 4.57. The molecule has 7 heteroatoms. The van der Waals surface area contributed by atoms with Gasteiger partial charge in [0.05, 0.1) is 17.8 Å². The summed E-state index contributed by atoms with van der Waals surface area (Å²) in [7, 11) is 0. The van der Waals surface area contributed by atoms with Gasteiger partial charge in [-0.2, -0.15) is 0 Å². The summed E-state index contributed by atoms with van der Waals surface area (Å²) >= 11 is 0. The third-order valence-electron chi connectivity index (χ3n) is 4.57. The zero-order chi connectivity index (χ0) is 15.9. The highest BCUT2D eigenvalue weighted by atomic mass is 19.1. The number of nitrogens with zero attached hydrogens (tertiary/aromatic N) is 2. The van der Waals surface area contributed by atoms with Crippen molar-refractivity contribution in [3.63, 3.8) is 0 Å². The Balaban J connectivity index is 1.84. The Bertz CT molecular complexity index is 582. The first-order valence-corrected chi connectivity index (χ1v) is 7.45. The molecule has 22 heavy (non-hydrogen) atoms. The predicted molar refractivity (Wildman–Crippen MR) is 78.0 cm³/mol. The third kappa shape index (κ3) is 2.49. The topological polar surface area (TPSA) is 69.8 Å². The van der Waals surface area contributed by atoms with Gasteiger partial charge in [0.1, 0.15) is 11.6 Å². The maximum atomic E-state index is 14.3. The van der Waals surface area contributed by atoms with Gasteiger partial charge in [0.15, 0.2) is 0 Å². The maximum Gasteiger partial charge on any atom is 0.407 e. The van der Waals surface area contributed by atoms with Crippen LogP contribution in [0.1, 0.15) is 18.4 Å². The molecule has 2 fully saturated rings. The molecule has 1 amide bonds. The number of nitrogens with two attached hydrogens (primary N) is 1. The lowest BCUT2D eigenvalue weighted by Gasteiger charge is -2.40. The van der Waals surface area contributed by atoms with Gasteiger partial charge in [-0.3, -0.25) is 4.90 Å². The van der Waals surface area contributed by atoms with E-state index < -0.39 is 17.7 Å². The van der Waals surface area contributed by atoms with Gasteiger partial charge in [-0.15, -0.1) is 0 Å². The van der Waals surface area contributed by atoms with Gasteiger partial charge in [-0.05, 0) is 37.4 Å². The quantitative estimate of drug-likeness (QED) is 0.893. The molecule has 1 aromatic carbocycles. The highest BCUT2D eigenvalue weighted by Gasteiger charge is 2.43. The number of fused-ring (bicyclic) bond motifs is 2.